The number of hydrogen-bond acceptors (Lipinski definition) is 3. The van der Waals surface area contributed by atoms with E-state index in [0.29, 0.717) is 21.3 Å². The minimum absolute atomic E-state index is 0.0231. The highest BCUT2D eigenvalue weighted by Crippen LogP contribution is 2.31. The average Bonchev–Trinajstić information content (AvgIpc) is 2.77. The standard InChI is InChI=1S/C12H11Cl2N3O2/c1-6(2)17-11(10(12(18)19)15-16-17)7-3-4-8(13)9(14)5-7/h3-6H,1-2H3,(H,18,19). The highest BCUT2D eigenvalue weighted by molar-refractivity contribution is 6.42. The highest BCUT2D eigenvalue weighted by Gasteiger charge is 2.22. The Balaban J connectivity index is 2.67. The lowest BCUT2D eigenvalue weighted by atomic mass is 10.1. The summed E-state index contributed by atoms with van der Waals surface area (Å²) in [6, 6.07) is 4.89. The van der Waals surface area contributed by atoms with E-state index in [0.717, 1.165) is 0 Å². The van der Waals surface area contributed by atoms with Crippen molar-refractivity contribution < 1.29 is 9.90 Å². The lowest BCUT2D eigenvalue weighted by Gasteiger charge is -2.10. The number of halogens is 2. The second-order valence-electron chi connectivity index (χ2n) is 4.26. The average molecular weight is 300 g/mol. The summed E-state index contributed by atoms with van der Waals surface area (Å²) < 4.78 is 1.54. The molecule has 2 aromatic rings. The molecular weight excluding hydrogens is 289 g/mol. The van der Waals surface area contributed by atoms with Gasteiger partial charge < -0.3 is 5.11 Å². The normalized spacial score (nSPS) is 11.0. The molecule has 5 nitrogen and oxygen atoms in total. The van der Waals surface area contributed by atoms with Crippen LogP contribution in [0.4, 0.5) is 0 Å². The molecule has 19 heavy (non-hydrogen) atoms. The SMILES string of the molecule is CC(C)n1nnc(C(=O)O)c1-c1ccc(Cl)c(Cl)c1. The summed E-state index contributed by atoms with van der Waals surface area (Å²) in [7, 11) is 0. The maximum atomic E-state index is 11.2. The Hall–Kier alpha value is -1.59. The predicted molar refractivity (Wildman–Crippen MR) is 72.8 cm³/mol. The van der Waals surface area contributed by atoms with Crippen LogP contribution >= 0.6 is 23.2 Å². The van der Waals surface area contributed by atoms with Crippen molar-refractivity contribution in [2.24, 2.45) is 0 Å². The van der Waals surface area contributed by atoms with Gasteiger partial charge in [0.25, 0.3) is 0 Å². The molecule has 0 radical (unpaired) electrons. The van der Waals surface area contributed by atoms with Crippen molar-refractivity contribution in [3.05, 3.63) is 33.9 Å². The van der Waals surface area contributed by atoms with Crippen LogP contribution in [-0.4, -0.2) is 26.1 Å². The largest absolute Gasteiger partial charge is 0.476 e. The molecule has 0 unspecified atom stereocenters. The highest BCUT2D eigenvalue weighted by atomic mass is 35.5. The van der Waals surface area contributed by atoms with Gasteiger partial charge in [-0.05, 0) is 26.0 Å². The lowest BCUT2D eigenvalue weighted by molar-refractivity contribution is 0.0691. The van der Waals surface area contributed by atoms with Gasteiger partial charge in [0, 0.05) is 11.6 Å². The molecule has 0 amide bonds. The van der Waals surface area contributed by atoms with Gasteiger partial charge in [-0.15, -0.1) is 5.10 Å². The lowest BCUT2D eigenvalue weighted by Crippen LogP contribution is -2.07. The molecule has 0 saturated heterocycles. The molecule has 0 bridgehead atoms. The zero-order valence-corrected chi connectivity index (χ0v) is 11.8. The number of benzene rings is 1. The van der Waals surface area contributed by atoms with E-state index in [9.17, 15) is 9.90 Å². The van der Waals surface area contributed by atoms with Crippen LogP contribution in [0.15, 0.2) is 18.2 Å². The van der Waals surface area contributed by atoms with Crippen LogP contribution in [0.5, 0.6) is 0 Å². The zero-order chi connectivity index (χ0) is 14.2. The molecular formula is C12H11Cl2N3O2. The Kier molecular flexibility index (Phi) is 3.78. The van der Waals surface area contributed by atoms with E-state index in [1.807, 2.05) is 13.8 Å². The van der Waals surface area contributed by atoms with E-state index in [1.54, 1.807) is 22.9 Å². The van der Waals surface area contributed by atoms with Crippen LogP contribution in [0.3, 0.4) is 0 Å². The van der Waals surface area contributed by atoms with E-state index >= 15 is 0 Å². The van der Waals surface area contributed by atoms with E-state index in [-0.39, 0.29) is 11.7 Å². The van der Waals surface area contributed by atoms with Gasteiger partial charge >= 0.3 is 5.97 Å². The fourth-order valence-corrected chi connectivity index (χ4v) is 2.01. The van der Waals surface area contributed by atoms with E-state index in [1.165, 1.54) is 0 Å². The minimum atomic E-state index is -1.13. The molecule has 0 aliphatic rings. The molecule has 0 aliphatic heterocycles. The van der Waals surface area contributed by atoms with Crippen LogP contribution < -0.4 is 0 Å². The molecule has 7 heteroatoms. The van der Waals surface area contributed by atoms with Crippen LogP contribution in [-0.2, 0) is 0 Å². The Morgan fingerprint density at radius 2 is 2.00 bits per heavy atom. The van der Waals surface area contributed by atoms with Gasteiger partial charge in [0.2, 0.25) is 0 Å². The van der Waals surface area contributed by atoms with Gasteiger partial charge in [0.05, 0.1) is 10.0 Å². The quantitative estimate of drug-likeness (QED) is 0.941. The van der Waals surface area contributed by atoms with Crippen molar-refractivity contribution in [1.82, 2.24) is 15.0 Å². The predicted octanol–water partition coefficient (Wildman–Crippen LogP) is 3.53. The minimum Gasteiger partial charge on any atom is -0.476 e. The Morgan fingerprint density at radius 3 is 2.53 bits per heavy atom. The number of aromatic carboxylic acids is 1. The second kappa shape index (κ2) is 5.19. The first-order valence-corrected chi connectivity index (χ1v) is 6.31. The molecule has 1 N–H and O–H groups in total. The molecule has 2 rings (SSSR count). The topological polar surface area (TPSA) is 68.0 Å². The van der Waals surface area contributed by atoms with Crippen molar-refractivity contribution in [2.45, 2.75) is 19.9 Å². The third-order valence-corrected chi connectivity index (χ3v) is 3.32. The van der Waals surface area contributed by atoms with Crippen molar-refractivity contribution in [1.29, 1.82) is 0 Å². The monoisotopic (exact) mass is 299 g/mol. The molecule has 0 atom stereocenters. The number of carboxylic acids is 1. The molecule has 0 aliphatic carbocycles. The number of carbonyl (C=O) groups is 1. The maximum absolute atomic E-state index is 11.2. The first-order valence-electron chi connectivity index (χ1n) is 5.55. The summed E-state index contributed by atoms with van der Waals surface area (Å²) in [5.41, 5.74) is 0.929. The fourth-order valence-electron chi connectivity index (χ4n) is 1.71. The Labute approximate surface area is 119 Å². The van der Waals surface area contributed by atoms with Crippen molar-refractivity contribution in [2.75, 3.05) is 0 Å². The summed E-state index contributed by atoms with van der Waals surface area (Å²) in [5.74, 6) is -1.13. The van der Waals surface area contributed by atoms with Gasteiger partial charge in [-0.25, -0.2) is 9.48 Å². The van der Waals surface area contributed by atoms with Crippen molar-refractivity contribution in [3.8, 4) is 11.3 Å². The third kappa shape index (κ3) is 2.57. The molecule has 1 aromatic heterocycles. The summed E-state index contributed by atoms with van der Waals surface area (Å²) in [5, 5.41) is 17.5. The zero-order valence-electron chi connectivity index (χ0n) is 10.3. The van der Waals surface area contributed by atoms with Crippen LogP contribution in [0.2, 0.25) is 10.0 Å². The first kappa shape index (κ1) is 13.8. The van der Waals surface area contributed by atoms with Gasteiger partial charge in [-0.2, -0.15) is 0 Å². The van der Waals surface area contributed by atoms with Crippen LogP contribution in [0.25, 0.3) is 11.3 Å². The summed E-state index contributed by atoms with van der Waals surface area (Å²) in [6.45, 7) is 3.78. The van der Waals surface area contributed by atoms with Gasteiger partial charge in [-0.1, -0.05) is 34.5 Å². The number of rotatable bonds is 3. The fraction of sp³-hybridized carbons (Fsp3) is 0.250. The smallest absolute Gasteiger partial charge is 0.358 e. The Morgan fingerprint density at radius 1 is 1.32 bits per heavy atom. The first-order chi connectivity index (χ1) is 8.91. The number of aromatic nitrogens is 3. The van der Waals surface area contributed by atoms with Gasteiger partial charge in [0.15, 0.2) is 5.69 Å². The van der Waals surface area contributed by atoms with Gasteiger partial charge in [-0.3, -0.25) is 0 Å². The molecule has 0 fully saturated rings. The number of nitrogens with zero attached hydrogens (tertiary/aromatic N) is 3. The van der Waals surface area contributed by atoms with E-state index in [4.69, 9.17) is 23.2 Å². The molecule has 0 saturated carbocycles. The van der Waals surface area contributed by atoms with E-state index < -0.39 is 5.97 Å². The Bertz CT molecular complexity index is 638. The third-order valence-electron chi connectivity index (χ3n) is 2.58. The molecule has 100 valence electrons. The summed E-state index contributed by atoms with van der Waals surface area (Å²) in [6.07, 6.45) is 0. The number of hydrogen-bond donors (Lipinski definition) is 1. The van der Waals surface area contributed by atoms with Crippen molar-refractivity contribution in [3.63, 3.8) is 0 Å². The van der Waals surface area contributed by atoms with Crippen molar-refractivity contribution >= 4 is 29.2 Å². The van der Waals surface area contributed by atoms with Gasteiger partial charge in [0.1, 0.15) is 5.69 Å². The second-order valence-corrected chi connectivity index (χ2v) is 5.07. The summed E-state index contributed by atoms with van der Waals surface area (Å²) in [4.78, 5) is 11.2. The van der Waals surface area contributed by atoms with Crippen LogP contribution in [0, 0.1) is 0 Å². The molecule has 1 aromatic carbocycles. The summed E-state index contributed by atoms with van der Waals surface area (Å²) >= 11 is 11.8. The van der Waals surface area contributed by atoms with Crippen LogP contribution in [0.1, 0.15) is 30.4 Å². The maximum Gasteiger partial charge on any atom is 0.358 e. The molecule has 0 spiro atoms. The van der Waals surface area contributed by atoms with E-state index in [2.05, 4.69) is 10.3 Å². The molecule has 1 heterocycles. The number of carboxylic acid groups (broad SMARTS) is 1.